The first-order chi connectivity index (χ1) is 7.16. The summed E-state index contributed by atoms with van der Waals surface area (Å²) in [6, 6.07) is 5.44. The van der Waals surface area contributed by atoms with E-state index in [9.17, 15) is 4.39 Å². The fourth-order valence-corrected chi connectivity index (χ4v) is 2.72. The number of halogens is 2. The van der Waals surface area contributed by atoms with Gasteiger partial charge in [0.25, 0.3) is 0 Å². The molecule has 0 amide bonds. The lowest BCUT2D eigenvalue weighted by Crippen LogP contribution is -2.14. The Hall–Kier alpha value is -0.560. The maximum absolute atomic E-state index is 13.1. The van der Waals surface area contributed by atoms with Gasteiger partial charge in [0, 0.05) is 5.38 Å². The van der Waals surface area contributed by atoms with Crippen molar-refractivity contribution in [2.24, 2.45) is 0 Å². The standard InChI is InChI=1S/C13H16ClF/c1-9-7-11(5-6-13(9)15)10-3-2-4-12(14)8-10/h5-7,10,12H,2-4,8H2,1H3. The minimum absolute atomic E-state index is 0.114. The third kappa shape index (κ3) is 2.52. The van der Waals surface area contributed by atoms with Crippen LogP contribution < -0.4 is 0 Å². The van der Waals surface area contributed by atoms with Crippen molar-refractivity contribution in [3.05, 3.63) is 35.1 Å². The second kappa shape index (κ2) is 4.52. The molecule has 0 spiro atoms. The molecule has 0 saturated heterocycles. The lowest BCUT2D eigenvalue weighted by atomic mass is 9.83. The Bertz CT molecular complexity index is 348. The van der Waals surface area contributed by atoms with E-state index in [0.717, 1.165) is 18.4 Å². The Labute approximate surface area is 95.4 Å². The van der Waals surface area contributed by atoms with Crippen LogP contribution in [0.5, 0.6) is 0 Å². The molecule has 15 heavy (non-hydrogen) atoms. The fraction of sp³-hybridized carbons (Fsp3) is 0.538. The molecule has 1 aromatic rings. The van der Waals surface area contributed by atoms with Gasteiger partial charge in [0.2, 0.25) is 0 Å². The zero-order chi connectivity index (χ0) is 10.8. The molecule has 0 radical (unpaired) electrons. The number of hydrogen-bond donors (Lipinski definition) is 0. The number of rotatable bonds is 1. The van der Waals surface area contributed by atoms with E-state index in [1.165, 1.54) is 18.4 Å². The van der Waals surface area contributed by atoms with Crippen LogP contribution >= 0.6 is 11.6 Å². The van der Waals surface area contributed by atoms with Crippen LogP contribution in [0.3, 0.4) is 0 Å². The highest BCUT2D eigenvalue weighted by molar-refractivity contribution is 6.20. The lowest BCUT2D eigenvalue weighted by Gasteiger charge is -2.26. The highest BCUT2D eigenvalue weighted by atomic mass is 35.5. The fourth-order valence-electron chi connectivity index (χ4n) is 2.35. The monoisotopic (exact) mass is 226 g/mol. The van der Waals surface area contributed by atoms with E-state index >= 15 is 0 Å². The third-order valence-electron chi connectivity index (χ3n) is 3.26. The summed E-state index contributed by atoms with van der Waals surface area (Å²) in [5, 5.41) is 0.300. The highest BCUT2D eigenvalue weighted by Gasteiger charge is 2.21. The van der Waals surface area contributed by atoms with Gasteiger partial charge in [0.15, 0.2) is 0 Å². The van der Waals surface area contributed by atoms with Crippen LogP contribution in [0.15, 0.2) is 18.2 Å². The normalized spacial score (nSPS) is 26.6. The van der Waals surface area contributed by atoms with Gasteiger partial charge >= 0.3 is 0 Å². The topological polar surface area (TPSA) is 0 Å². The molecule has 0 bridgehead atoms. The average Bonchev–Trinajstić information content (AvgIpc) is 2.22. The van der Waals surface area contributed by atoms with Crippen LogP contribution in [0.4, 0.5) is 4.39 Å². The van der Waals surface area contributed by atoms with Crippen molar-refractivity contribution >= 4 is 11.6 Å². The molecule has 1 aromatic carbocycles. The van der Waals surface area contributed by atoms with Crippen molar-refractivity contribution in [2.75, 3.05) is 0 Å². The molecular weight excluding hydrogens is 211 g/mol. The van der Waals surface area contributed by atoms with E-state index in [0.29, 0.717) is 11.3 Å². The molecule has 0 aromatic heterocycles. The van der Waals surface area contributed by atoms with Crippen molar-refractivity contribution < 1.29 is 4.39 Å². The van der Waals surface area contributed by atoms with E-state index in [1.54, 1.807) is 6.07 Å². The SMILES string of the molecule is Cc1cc(C2CCCC(Cl)C2)ccc1F. The second-order valence-electron chi connectivity index (χ2n) is 4.47. The second-order valence-corrected chi connectivity index (χ2v) is 5.09. The molecule has 2 rings (SSSR count). The van der Waals surface area contributed by atoms with Gasteiger partial charge < -0.3 is 0 Å². The van der Waals surface area contributed by atoms with Gasteiger partial charge in [-0.15, -0.1) is 11.6 Å². The molecule has 0 N–H and O–H groups in total. The zero-order valence-corrected chi connectivity index (χ0v) is 9.73. The molecule has 0 nitrogen and oxygen atoms in total. The van der Waals surface area contributed by atoms with Crippen molar-refractivity contribution in [3.8, 4) is 0 Å². The highest BCUT2D eigenvalue weighted by Crippen LogP contribution is 2.35. The summed E-state index contributed by atoms with van der Waals surface area (Å²) < 4.78 is 13.1. The number of alkyl halides is 1. The number of benzene rings is 1. The first-order valence-corrected chi connectivity index (χ1v) is 6.00. The largest absolute Gasteiger partial charge is 0.207 e. The minimum atomic E-state index is -0.114. The summed E-state index contributed by atoms with van der Waals surface area (Å²) in [5.74, 6) is 0.414. The molecule has 2 atom stereocenters. The Morgan fingerprint density at radius 2 is 2.13 bits per heavy atom. The van der Waals surface area contributed by atoms with E-state index in [4.69, 9.17) is 11.6 Å². The molecule has 1 saturated carbocycles. The van der Waals surface area contributed by atoms with Gasteiger partial charge in [-0.05, 0) is 49.3 Å². The van der Waals surface area contributed by atoms with Crippen molar-refractivity contribution in [1.82, 2.24) is 0 Å². The molecule has 1 fully saturated rings. The zero-order valence-electron chi connectivity index (χ0n) is 8.97. The van der Waals surface area contributed by atoms with Crippen molar-refractivity contribution in [2.45, 2.75) is 43.9 Å². The van der Waals surface area contributed by atoms with Crippen LogP contribution in [-0.2, 0) is 0 Å². The predicted molar refractivity (Wildman–Crippen MR) is 62.0 cm³/mol. The molecule has 1 aliphatic carbocycles. The molecular formula is C13H16ClF. The van der Waals surface area contributed by atoms with Crippen molar-refractivity contribution in [3.63, 3.8) is 0 Å². The van der Waals surface area contributed by atoms with Gasteiger partial charge in [-0.2, -0.15) is 0 Å². The Morgan fingerprint density at radius 1 is 1.33 bits per heavy atom. The predicted octanol–water partition coefficient (Wildman–Crippen LogP) is 4.40. The van der Waals surface area contributed by atoms with Crippen molar-refractivity contribution in [1.29, 1.82) is 0 Å². The Balaban J connectivity index is 2.18. The van der Waals surface area contributed by atoms with E-state index in [2.05, 4.69) is 0 Å². The first kappa shape index (κ1) is 10.9. The Morgan fingerprint density at radius 3 is 2.80 bits per heavy atom. The van der Waals surface area contributed by atoms with Gasteiger partial charge in [-0.3, -0.25) is 0 Å². The number of hydrogen-bond acceptors (Lipinski definition) is 0. The first-order valence-electron chi connectivity index (χ1n) is 5.57. The molecule has 2 unspecified atom stereocenters. The lowest BCUT2D eigenvalue weighted by molar-refractivity contribution is 0.449. The maximum Gasteiger partial charge on any atom is 0.126 e. The van der Waals surface area contributed by atoms with E-state index in [1.807, 2.05) is 19.1 Å². The molecule has 0 aliphatic heterocycles. The van der Waals surface area contributed by atoms with Gasteiger partial charge in [-0.25, -0.2) is 4.39 Å². The Kier molecular flexibility index (Phi) is 3.30. The molecule has 1 aliphatic rings. The van der Waals surface area contributed by atoms with Crippen LogP contribution in [0, 0.1) is 12.7 Å². The maximum atomic E-state index is 13.1. The summed E-state index contributed by atoms with van der Waals surface area (Å²) >= 11 is 6.16. The summed E-state index contributed by atoms with van der Waals surface area (Å²) in [7, 11) is 0. The van der Waals surface area contributed by atoms with Crippen LogP contribution in [0.1, 0.15) is 42.7 Å². The summed E-state index contributed by atoms with van der Waals surface area (Å²) in [5.41, 5.74) is 1.99. The van der Waals surface area contributed by atoms with Crippen LogP contribution in [0.25, 0.3) is 0 Å². The smallest absolute Gasteiger partial charge is 0.126 e. The van der Waals surface area contributed by atoms with Crippen LogP contribution in [0.2, 0.25) is 0 Å². The summed E-state index contributed by atoms with van der Waals surface area (Å²) in [4.78, 5) is 0. The van der Waals surface area contributed by atoms with Gasteiger partial charge in [0.1, 0.15) is 5.82 Å². The number of aryl methyl sites for hydroxylation is 1. The molecule has 2 heteroatoms. The summed E-state index contributed by atoms with van der Waals surface area (Å²) in [6.07, 6.45) is 4.54. The minimum Gasteiger partial charge on any atom is -0.207 e. The third-order valence-corrected chi connectivity index (χ3v) is 3.66. The molecule has 0 heterocycles. The van der Waals surface area contributed by atoms with Gasteiger partial charge in [-0.1, -0.05) is 18.6 Å². The quantitative estimate of drug-likeness (QED) is 0.623. The van der Waals surface area contributed by atoms with Gasteiger partial charge in [0.05, 0.1) is 0 Å². The average molecular weight is 227 g/mol. The van der Waals surface area contributed by atoms with E-state index in [-0.39, 0.29) is 5.82 Å². The summed E-state index contributed by atoms with van der Waals surface area (Å²) in [6.45, 7) is 1.82. The molecule has 82 valence electrons. The van der Waals surface area contributed by atoms with E-state index < -0.39 is 0 Å². The van der Waals surface area contributed by atoms with Crippen LogP contribution in [-0.4, -0.2) is 5.38 Å².